The number of hydrogen-bond donors (Lipinski definition) is 1. The third kappa shape index (κ3) is 1.82. The van der Waals surface area contributed by atoms with E-state index in [-0.39, 0.29) is 22.1 Å². The number of ether oxygens (including phenoxy) is 1. The van der Waals surface area contributed by atoms with E-state index in [1.165, 1.54) is 13.2 Å². The molecule has 0 saturated carbocycles. The van der Waals surface area contributed by atoms with E-state index in [0.717, 1.165) is 0 Å². The van der Waals surface area contributed by atoms with Crippen molar-refractivity contribution < 1.29 is 14.3 Å². The van der Waals surface area contributed by atoms with E-state index < -0.39 is 5.97 Å². The number of anilines is 1. The van der Waals surface area contributed by atoms with Crippen LogP contribution in [0.25, 0.3) is 0 Å². The molecule has 1 heterocycles. The molecule has 5 nitrogen and oxygen atoms in total. The first-order valence-electron chi connectivity index (χ1n) is 3.59. The van der Waals surface area contributed by atoms with Crippen LogP contribution in [-0.4, -0.2) is 24.3 Å². The summed E-state index contributed by atoms with van der Waals surface area (Å²) in [6.45, 7) is 0. The van der Waals surface area contributed by atoms with E-state index >= 15 is 0 Å². The van der Waals surface area contributed by atoms with Crippen LogP contribution in [0.5, 0.6) is 0 Å². The second kappa shape index (κ2) is 4.06. The molecule has 0 atom stereocenters. The molecule has 0 aliphatic heterocycles. The normalized spacial score (nSPS) is 9.57. The molecule has 0 bridgehead atoms. The van der Waals surface area contributed by atoms with E-state index in [2.05, 4.69) is 9.72 Å². The van der Waals surface area contributed by atoms with Gasteiger partial charge in [0.15, 0.2) is 12.0 Å². The second-order valence-corrected chi connectivity index (χ2v) is 2.79. The molecular formula is C8H7ClN2O3. The van der Waals surface area contributed by atoms with Gasteiger partial charge in [0.25, 0.3) is 0 Å². The molecular weight excluding hydrogens is 208 g/mol. The first kappa shape index (κ1) is 10.5. The number of nitrogen functional groups attached to an aromatic ring is 1. The minimum Gasteiger partial charge on any atom is -0.464 e. The van der Waals surface area contributed by atoms with Crippen LogP contribution in [-0.2, 0) is 4.74 Å². The van der Waals surface area contributed by atoms with Gasteiger partial charge >= 0.3 is 5.97 Å². The Morgan fingerprint density at radius 3 is 2.86 bits per heavy atom. The Bertz CT molecular complexity index is 392. The Balaban J connectivity index is 3.33. The molecule has 0 spiro atoms. The number of nitrogens with zero attached hydrogens (tertiary/aromatic N) is 1. The van der Waals surface area contributed by atoms with E-state index in [0.29, 0.717) is 6.29 Å². The number of aldehydes is 1. The lowest BCUT2D eigenvalue weighted by Gasteiger charge is -2.04. The van der Waals surface area contributed by atoms with E-state index in [9.17, 15) is 9.59 Å². The number of carbonyl (C=O) groups is 2. The summed E-state index contributed by atoms with van der Waals surface area (Å²) in [6, 6.07) is 1.28. The van der Waals surface area contributed by atoms with Gasteiger partial charge in [-0.15, -0.1) is 0 Å². The predicted octanol–water partition coefficient (Wildman–Crippen LogP) is 0.916. The van der Waals surface area contributed by atoms with Gasteiger partial charge < -0.3 is 10.5 Å². The quantitative estimate of drug-likeness (QED) is 0.585. The van der Waals surface area contributed by atoms with Gasteiger partial charge in [-0.25, -0.2) is 9.78 Å². The maximum atomic E-state index is 11.1. The third-order valence-electron chi connectivity index (χ3n) is 1.51. The number of carbonyl (C=O) groups excluding carboxylic acids is 2. The van der Waals surface area contributed by atoms with Crippen molar-refractivity contribution in [2.75, 3.05) is 12.8 Å². The molecule has 0 saturated heterocycles. The number of halogens is 1. The van der Waals surface area contributed by atoms with Gasteiger partial charge in [0.2, 0.25) is 0 Å². The highest BCUT2D eigenvalue weighted by molar-refractivity contribution is 6.35. The molecule has 1 aromatic rings. The number of methoxy groups -OCH3 is 1. The number of aromatic nitrogens is 1. The molecule has 0 aliphatic rings. The fourth-order valence-corrected chi connectivity index (χ4v) is 1.04. The van der Waals surface area contributed by atoms with Crippen molar-refractivity contribution in [1.29, 1.82) is 0 Å². The van der Waals surface area contributed by atoms with Crippen LogP contribution >= 0.6 is 11.6 Å². The Morgan fingerprint density at radius 2 is 2.36 bits per heavy atom. The largest absolute Gasteiger partial charge is 0.464 e. The van der Waals surface area contributed by atoms with Crippen molar-refractivity contribution in [1.82, 2.24) is 4.98 Å². The zero-order valence-corrected chi connectivity index (χ0v) is 8.04. The SMILES string of the molecule is COC(=O)c1nc(C=O)cc(N)c1Cl. The van der Waals surface area contributed by atoms with Gasteiger partial charge in [-0.05, 0) is 6.07 Å². The smallest absolute Gasteiger partial charge is 0.358 e. The molecule has 0 radical (unpaired) electrons. The van der Waals surface area contributed by atoms with E-state index in [1.807, 2.05) is 0 Å². The first-order valence-corrected chi connectivity index (χ1v) is 3.97. The maximum Gasteiger partial charge on any atom is 0.358 e. The average molecular weight is 215 g/mol. The van der Waals surface area contributed by atoms with Crippen LogP contribution in [0.4, 0.5) is 5.69 Å². The van der Waals surface area contributed by atoms with Crippen LogP contribution in [0, 0.1) is 0 Å². The Labute approximate surface area is 84.8 Å². The van der Waals surface area contributed by atoms with Crippen molar-refractivity contribution in [3.05, 3.63) is 22.5 Å². The highest BCUT2D eigenvalue weighted by Crippen LogP contribution is 2.22. The van der Waals surface area contributed by atoms with Crippen LogP contribution in [0.3, 0.4) is 0 Å². The van der Waals surface area contributed by atoms with Gasteiger partial charge in [-0.1, -0.05) is 11.6 Å². The molecule has 1 aromatic heterocycles. The van der Waals surface area contributed by atoms with Gasteiger partial charge in [-0.2, -0.15) is 0 Å². The fraction of sp³-hybridized carbons (Fsp3) is 0.125. The minimum atomic E-state index is -0.731. The fourth-order valence-electron chi connectivity index (χ4n) is 0.862. The van der Waals surface area contributed by atoms with Crippen LogP contribution < -0.4 is 5.73 Å². The van der Waals surface area contributed by atoms with Crippen LogP contribution in [0.2, 0.25) is 5.02 Å². The molecule has 1 rings (SSSR count). The summed E-state index contributed by atoms with van der Waals surface area (Å²) < 4.78 is 4.41. The highest BCUT2D eigenvalue weighted by atomic mass is 35.5. The first-order chi connectivity index (χ1) is 6.60. The minimum absolute atomic E-state index is 0.0116. The number of esters is 1. The summed E-state index contributed by atoms with van der Waals surface area (Å²) in [6.07, 6.45) is 0.471. The Kier molecular flexibility index (Phi) is 3.03. The molecule has 74 valence electrons. The lowest BCUT2D eigenvalue weighted by atomic mass is 10.2. The van der Waals surface area contributed by atoms with Gasteiger partial charge in [0.1, 0.15) is 5.69 Å². The molecule has 14 heavy (non-hydrogen) atoms. The lowest BCUT2D eigenvalue weighted by Crippen LogP contribution is -2.08. The third-order valence-corrected chi connectivity index (χ3v) is 1.90. The molecule has 0 aliphatic carbocycles. The molecule has 0 fully saturated rings. The monoisotopic (exact) mass is 214 g/mol. The highest BCUT2D eigenvalue weighted by Gasteiger charge is 2.16. The van der Waals surface area contributed by atoms with Gasteiger partial charge in [-0.3, -0.25) is 4.79 Å². The van der Waals surface area contributed by atoms with Crippen molar-refractivity contribution >= 4 is 29.5 Å². The summed E-state index contributed by atoms with van der Waals surface area (Å²) in [5, 5.41) is -0.0116. The number of rotatable bonds is 2. The van der Waals surface area contributed by atoms with Crippen molar-refractivity contribution in [3.8, 4) is 0 Å². The van der Waals surface area contributed by atoms with Gasteiger partial charge in [0.05, 0.1) is 17.8 Å². The van der Waals surface area contributed by atoms with Crippen molar-refractivity contribution in [2.24, 2.45) is 0 Å². The average Bonchev–Trinajstić information content (AvgIpc) is 2.20. The summed E-state index contributed by atoms with van der Waals surface area (Å²) >= 11 is 5.69. The second-order valence-electron chi connectivity index (χ2n) is 2.41. The summed E-state index contributed by atoms with van der Waals surface area (Å²) in [7, 11) is 1.18. The number of nitrogens with two attached hydrogens (primary N) is 1. The number of pyridine rings is 1. The summed E-state index contributed by atoms with van der Waals surface area (Å²) in [5.74, 6) is -0.731. The van der Waals surface area contributed by atoms with Crippen LogP contribution in [0.15, 0.2) is 6.07 Å². The molecule has 0 unspecified atom stereocenters. The molecule has 0 amide bonds. The predicted molar refractivity (Wildman–Crippen MR) is 50.4 cm³/mol. The zero-order valence-electron chi connectivity index (χ0n) is 7.28. The molecule has 2 N–H and O–H groups in total. The van der Waals surface area contributed by atoms with E-state index in [4.69, 9.17) is 17.3 Å². The summed E-state index contributed by atoms with van der Waals surface area (Å²) in [5.41, 5.74) is 5.44. The standard InChI is InChI=1S/C8H7ClN2O3/c1-14-8(13)7-6(9)5(10)2-4(3-12)11-7/h2-3H,1H3,(H2,10,11). The Hall–Kier alpha value is -1.62. The lowest BCUT2D eigenvalue weighted by molar-refractivity contribution is 0.0594. The molecule has 6 heteroatoms. The van der Waals surface area contributed by atoms with Crippen molar-refractivity contribution in [3.63, 3.8) is 0 Å². The van der Waals surface area contributed by atoms with Crippen LogP contribution in [0.1, 0.15) is 21.0 Å². The molecule has 0 aromatic carbocycles. The Morgan fingerprint density at radius 1 is 1.71 bits per heavy atom. The zero-order chi connectivity index (χ0) is 10.7. The van der Waals surface area contributed by atoms with Gasteiger partial charge in [0, 0.05) is 0 Å². The number of hydrogen-bond acceptors (Lipinski definition) is 5. The topological polar surface area (TPSA) is 82.3 Å². The summed E-state index contributed by atoms with van der Waals surface area (Å²) in [4.78, 5) is 25.2. The van der Waals surface area contributed by atoms with Crippen molar-refractivity contribution in [2.45, 2.75) is 0 Å². The van der Waals surface area contributed by atoms with E-state index in [1.54, 1.807) is 0 Å². The maximum absolute atomic E-state index is 11.1.